The first kappa shape index (κ1) is 18.3. The second-order valence-electron chi connectivity index (χ2n) is 4.87. The van der Waals surface area contributed by atoms with E-state index in [0.717, 1.165) is 28.5 Å². The highest BCUT2D eigenvalue weighted by Crippen LogP contribution is 2.39. The van der Waals surface area contributed by atoms with Crippen molar-refractivity contribution < 1.29 is 14.7 Å². The molecule has 23 heavy (non-hydrogen) atoms. The number of amides is 1. The molecule has 0 aliphatic carbocycles. The highest BCUT2D eigenvalue weighted by atomic mass is 32.2. The summed E-state index contributed by atoms with van der Waals surface area (Å²) in [4.78, 5) is 34.4. The first-order valence-corrected chi connectivity index (χ1v) is 10.2. The molecule has 1 aliphatic heterocycles. The minimum Gasteiger partial charge on any atom is -0.314 e. The van der Waals surface area contributed by atoms with Crippen LogP contribution in [0.25, 0.3) is 0 Å². The van der Waals surface area contributed by atoms with Crippen LogP contribution in [-0.4, -0.2) is 38.8 Å². The lowest BCUT2D eigenvalue weighted by Crippen LogP contribution is -2.35. The molecule has 10 heteroatoms. The first-order valence-electron chi connectivity index (χ1n) is 7.31. The third-order valence-electron chi connectivity index (χ3n) is 3.16. The molecule has 0 atom stereocenters. The van der Waals surface area contributed by atoms with Gasteiger partial charge < -0.3 is 4.84 Å². The quantitative estimate of drug-likeness (QED) is 0.508. The van der Waals surface area contributed by atoms with Gasteiger partial charge in [-0.1, -0.05) is 6.92 Å². The largest absolute Gasteiger partial charge is 0.314 e. The zero-order valence-electron chi connectivity index (χ0n) is 13.0. The molecule has 0 radical (unpaired) electrons. The van der Waals surface area contributed by atoms with Gasteiger partial charge in [0.05, 0.1) is 5.69 Å². The number of aryl methyl sites for hydroxylation is 1. The molecule has 0 aromatic carbocycles. The normalized spacial score (nSPS) is 14.9. The van der Waals surface area contributed by atoms with Gasteiger partial charge in [0.2, 0.25) is 5.91 Å². The minimum absolute atomic E-state index is 0.00527. The molecule has 1 saturated heterocycles. The molecule has 2 heterocycles. The van der Waals surface area contributed by atoms with E-state index in [1.807, 2.05) is 13.8 Å². The summed E-state index contributed by atoms with van der Waals surface area (Å²) >= 11 is 4.94. The van der Waals surface area contributed by atoms with Gasteiger partial charge in [-0.3, -0.25) is 9.69 Å². The van der Waals surface area contributed by atoms with Crippen LogP contribution >= 0.6 is 34.9 Å². The minimum atomic E-state index is -0.792. The Hall–Kier alpha value is -1.00. The molecule has 0 bridgehead atoms. The molecule has 1 aromatic rings. The van der Waals surface area contributed by atoms with E-state index in [2.05, 4.69) is 9.82 Å². The maximum absolute atomic E-state index is 12.5. The van der Waals surface area contributed by atoms with Gasteiger partial charge in [-0.15, -0.1) is 45.0 Å². The molecule has 1 amide bonds. The summed E-state index contributed by atoms with van der Waals surface area (Å²) in [6, 6.07) is 0. The van der Waals surface area contributed by atoms with Crippen LogP contribution in [0.15, 0.2) is 0 Å². The van der Waals surface area contributed by atoms with Crippen molar-refractivity contribution in [2.24, 2.45) is 0 Å². The fourth-order valence-electron chi connectivity index (χ4n) is 2.10. The van der Waals surface area contributed by atoms with E-state index in [-0.39, 0.29) is 17.2 Å². The van der Waals surface area contributed by atoms with Crippen LogP contribution in [0.3, 0.4) is 0 Å². The van der Waals surface area contributed by atoms with Gasteiger partial charge in [-0.05, 0) is 13.3 Å². The molecule has 1 fully saturated rings. The number of aromatic nitrogens is 1. The molecule has 0 unspecified atom stereocenters. The van der Waals surface area contributed by atoms with Crippen molar-refractivity contribution in [3.63, 3.8) is 0 Å². The zero-order valence-corrected chi connectivity index (χ0v) is 15.5. The summed E-state index contributed by atoms with van der Waals surface area (Å²) in [5, 5.41) is 10.1. The predicted octanol–water partition coefficient (Wildman–Crippen LogP) is 3.10. The smallest absolute Gasteiger partial charge is 0.294 e. The van der Waals surface area contributed by atoms with E-state index in [9.17, 15) is 14.9 Å². The number of nitrogens with zero attached hydrogens (tertiary/aromatic N) is 3. The van der Waals surface area contributed by atoms with Crippen LogP contribution in [0.5, 0.6) is 0 Å². The van der Waals surface area contributed by atoms with Crippen molar-refractivity contribution in [1.82, 2.24) is 4.98 Å². The first-order chi connectivity index (χ1) is 11.0. The lowest BCUT2D eigenvalue weighted by atomic mass is 10.3. The summed E-state index contributed by atoms with van der Waals surface area (Å²) in [5.41, 5.74) is 0.805. The monoisotopic (exact) mass is 377 g/mol. The fourth-order valence-corrected chi connectivity index (χ4v) is 6.19. The standard InChI is InChI=1S/C13H19N3O4S3/c1-3-4-11(17)15(13-21-7-8-22-13)12-14-9(2)10(23-12)5-6-20-16(18)19/h13H,3-8H2,1-2H3. The van der Waals surface area contributed by atoms with Crippen LogP contribution in [0.1, 0.15) is 30.3 Å². The van der Waals surface area contributed by atoms with Crippen LogP contribution in [0, 0.1) is 17.0 Å². The Morgan fingerprint density at radius 3 is 2.78 bits per heavy atom. The number of thiazole rings is 1. The molecule has 0 saturated carbocycles. The summed E-state index contributed by atoms with van der Waals surface area (Å²) in [7, 11) is 0. The second kappa shape index (κ2) is 8.74. The number of hydrogen-bond donors (Lipinski definition) is 0. The molecule has 0 N–H and O–H groups in total. The Morgan fingerprint density at radius 2 is 2.17 bits per heavy atom. The maximum atomic E-state index is 12.5. The number of carbonyl (C=O) groups excluding carboxylic acids is 1. The third-order valence-corrected chi connectivity index (χ3v) is 7.32. The maximum Gasteiger partial charge on any atom is 0.294 e. The van der Waals surface area contributed by atoms with Gasteiger partial charge in [0.25, 0.3) is 5.09 Å². The van der Waals surface area contributed by atoms with Crippen molar-refractivity contribution in [3.05, 3.63) is 20.7 Å². The Morgan fingerprint density at radius 1 is 1.48 bits per heavy atom. The molecule has 0 spiro atoms. The second-order valence-corrected chi connectivity index (χ2v) is 8.61. The third kappa shape index (κ3) is 4.98. The Balaban J connectivity index is 2.14. The summed E-state index contributed by atoms with van der Waals surface area (Å²) < 4.78 is 0.0717. The molecular weight excluding hydrogens is 358 g/mol. The number of anilines is 1. The van der Waals surface area contributed by atoms with Gasteiger partial charge >= 0.3 is 0 Å². The molecule has 128 valence electrons. The highest BCUT2D eigenvalue weighted by molar-refractivity contribution is 8.20. The topological polar surface area (TPSA) is 85.6 Å². The molecule has 7 nitrogen and oxygen atoms in total. The Labute approximate surface area is 147 Å². The van der Waals surface area contributed by atoms with Gasteiger partial charge in [-0.2, -0.15) is 0 Å². The van der Waals surface area contributed by atoms with Crippen molar-refractivity contribution in [2.75, 3.05) is 23.0 Å². The average Bonchev–Trinajstić information content (AvgIpc) is 3.11. The lowest BCUT2D eigenvalue weighted by Gasteiger charge is -2.25. The van der Waals surface area contributed by atoms with E-state index in [0.29, 0.717) is 18.0 Å². The summed E-state index contributed by atoms with van der Waals surface area (Å²) in [6.07, 6.45) is 1.71. The summed E-state index contributed by atoms with van der Waals surface area (Å²) in [5.74, 6) is 2.14. The van der Waals surface area contributed by atoms with Crippen molar-refractivity contribution in [3.8, 4) is 0 Å². The van der Waals surface area contributed by atoms with Gasteiger partial charge in [0.1, 0.15) is 11.3 Å². The van der Waals surface area contributed by atoms with Gasteiger partial charge in [-0.25, -0.2) is 4.98 Å². The predicted molar refractivity (Wildman–Crippen MR) is 94.6 cm³/mol. The summed E-state index contributed by atoms with van der Waals surface area (Å²) in [6.45, 7) is 3.85. The zero-order chi connectivity index (χ0) is 16.8. The van der Waals surface area contributed by atoms with E-state index in [4.69, 9.17) is 0 Å². The number of thioether (sulfide) groups is 2. The van der Waals surface area contributed by atoms with E-state index in [1.54, 1.807) is 28.4 Å². The molecule has 2 rings (SSSR count). The van der Waals surface area contributed by atoms with Crippen LogP contribution in [0.2, 0.25) is 0 Å². The van der Waals surface area contributed by atoms with Gasteiger partial charge in [0, 0.05) is 29.2 Å². The SMILES string of the molecule is CCCC(=O)N(c1nc(C)c(CCO[N+](=O)[O-])s1)C1SCCS1. The lowest BCUT2D eigenvalue weighted by molar-refractivity contribution is -0.757. The number of rotatable bonds is 8. The van der Waals surface area contributed by atoms with Crippen LogP contribution in [0.4, 0.5) is 5.13 Å². The van der Waals surface area contributed by atoms with Crippen LogP contribution < -0.4 is 4.90 Å². The molecule has 1 aliphatic rings. The fraction of sp³-hybridized carbons (Fsp3) is 0.692. The highest BCUT2D eigenvalue weighted by Gasteiger charge is 2.31. The van der Waals surface area contributed by atoms with Crippen molar-refractivity contribution in [1.29, 1.82) is 0 Å². The van der Waals surface area contributed by atoms with Crippen molar-refractivity contribution in [2.45, 2.75) is 37.8 Å². The van der Waals surface area contributed by atoms with E-state index in [1.165, 1.54) is 11.3 Å². The Kier molecular flexibility index (Phi) is 6.97. The van der Waals surface area contributed by atoms with Crippen molar-refractivity contribution >= 4 is 45.9 Å². The number of hydrogen-bond acceptors (Lipinski definition) is 8. The van der Waals surface area contributed by atoms with E-state index < -0.39 is 5.09 Å². The molecular formula is C13H19N3O4S3. The average molecular weight is 378 g/mol. The van der Waals surface area contributed by atoms with E-state index >= 15 is 0 Å². The Bertz CT molecular complexity index is 561. The van der Waals surface area contributed by atoms with Crippen LogP contribution in [-0.2, 0) is 16.1 Å². The van der Waals surface area contributed by atoms with Gasteiger partial charge in [0.15, 0.2) is 5.13 Å². The molecule has 1 aromatic heterocycles. The number of carbonyl (C=O) groups is 1.